The van der Waals surface area contributed by atoms with Gasteiger partial charge in [-0.3, -0.25) is 0 Å². The second-order valence-corrected chi connectivity index (χ2v) is 7.00. The van der Waals surface area contributed by atoms with Gasteiger partial charge in [0.15, 0.2) is 0 Å². The lowest BCUT2D eigenvalue weighted by Crippen LogP contribution is -2.29. The van der Waals surface area contributed by atoms with Gasteiger partial charge in [0.1, 0.15) is 11.7 Å². The van der Waals surface area contributed by atoms with Crippen LogP contribution in [0.25, 0.3) is 12.2 Å². The first-order valence-corrected chi connectivity index (χ1v) is 7.92. The third kappa shape index (κ3) is 2.01. The molecule has 0 fully saturated rings. The van der Waals surface area contributed by atoms with Crippen molar-refractivity contribution in [2.75, 3.05) is 0 Å². The van der Waals surface area contributed by atoms with Crippen LogP contribution in [-0.2, 0) is 0 Å². The summed E-state index contributed by atoms with van der Waals surface area (Å²) in [7, 11) is 0. The topological polar surface area (TPSA) is 0 Å². The highest BCUT2D eigenvalue weighted by atomic mass is 19.1. The Morgan fingerprint density at radius 1 is 0.696 bits per heavy atom. The average molecular weight is 308 g/mol. The zero-order valence-corrected chi connectivity index (χ0v) is 13.2. The van der Waals surface area contributed by atoms with Crippen LogP contribution in [0, 0.1) is 5.41 Å². The molecule has 2 atom stereocenters. The van der Waals surface area contributed by atoms with Crippen molar-refractivity contribution in [3.63, 3.8) is 0 Å². The molecule has 0 N–H and O–H groups in total. The first-order chi connectivity index (χ1) is 11.0. The maximum atomic E-state index is 14.8. The van der Waals surface area contributed by atoms with Crippen molar-refractivity contribution >= 4 is 12.2 Å². The Hall–Kier alpha value is -2.22. The van der Waals surface area contributed by atoms with E-state index in [1.54, 1.807) is 12.2 Å². The Morgan fingerprint density at radius 3 is 1.52 bits per heavy atom. The van der Waals surface area contributed by atoms with E-state index < -0.39 is 17.3 Å². The third-order valence-electron chi connectivity index (χ3n) is 5.24. The molecule has 23 heavy (non-hydrogen) atoms. The molecule has 2 aromatic carbocycles. The number of fused-ring (bicyclic) bond motifs is 2. The van der Waals surface area contributed by atoms with E-state index in [1.165, 1.54) is 0 Å². The molecule has 0 nitrogen and oxygen atoms in total. The predicted molar refractivity (Wildman–Crippen MR) is 90.3 cm³/mol. The van der Waals surface area contributed by atoms with Gasteiger partial charge in [0.2, 0.25) is 0 Å². The molecule has 0 aromatic heterocycles. The Morgan fingerprint density at radius 2 is 1.09 bits per heavy atom. The van der Waals surface area contributed by atoms with Gasteiger partial charge in [0, 0.05) is 11.8 Å². The van der Waals surface area contributed by atoms with Crippen LogP contribution in [0.4, 0.5) is 8.78 Å². The van der Waals surface area contributed by atoms with Crippen molar-refractivity contribution in [1.29, 1.82) is 0 Å². The molecule has 0 spiro atoms. The van der Waals surface area contributed by atoms with Crippen LogP contribution in [0.1, 0.15) is 47.9 Å². The quantitative estimate of drug-likeness (QED) is 0.617. The summed E-state index contributed by atoms with van der Waals surface area (Å²) in [6.45, 7) is 3.93. The number of benzene rings is 2. The van der Waals surface area contributed by atoms with E-state index in [-0.39, 0.29) is 11.7 Å². The Bertz CT molecular complexity index is 773. The van der Waals surface area contributed by atoms with E-state index in [0.29, 0.717) is 0 Å². The van der Waals surface area contributed by atoms with Crippen LogP contribution in [0.3, 0.4) is 0 Å². The molecule has 0 heterocycles. The lowest BCUT2D eigenvalue weighted by atomic mass is 9.65. The Kier molecular flexibility index (Phi) is 3.06. The minimum atomic E-state index is -0.597. The highest BCUT2D eigenvalue weighted by molar-refractivity contribution is 5.69. The van der Waals surface area contributed by atoms with Crippen LogP contribution in [0.5, 0.6) is 0 Å². The molecule has 2 aliphatic carbocycles. The lowest BCUT2D eigenvalue weighted by Gasteiger charge is -2.38. The molecule has 4 rings (SSSR count). The van der Waals surface area contributed by atoms with Crippen molar-refractivity contribution in [3.05, 3.63) is 82.4 Å². The first-order valence-electron chi connectivity index (χ1n) is 7.92. The van der Waals surface area contributed by atoms with Gasteiger partial charge < -0.3 is 0 Å². The SMILES string of the molecule is CC(C)(C1C(F)=Cc2ccccc21)C1C(F)=Cc2ccccc21. The van der Waals surface area contributed by atoms with E-state index in [1.807, 2.05) is 62.4 Å². The van der Waals surface area contributed by atoms with Gasteiger partial charge in [-0.2, -0.15) is 0 Å². The summed E-state index contributed by atoms with van der Waals surface area (Å²) in [6, 6.07) is 15.4. The lowest BCUT2D eigenvalue weighted by molar-refractivity contribution is 0.233. The number of hydrogen-bond acceptors (Lipinski definition) is 0. The van der Waals surface area contributed by atoms with Crippen LogP contribution in [0.2, 0.25) is 0 Å². The summed E-state index contributed by atoms with van der Waals surface area (Å²) in [6.07, 6.45) is 3.18. The number of rotatable bonds is 2. The second-order valence-electron chi connectivity index (χ2n) is 7.00. The Labute approximate surface area is 135 Å². The summed E-state index contributed by atoms with van der Waals surface area (Å²) in [4.78, 5) is 0. The molecule has 0 aliphatic heterocycles. The predicted octanol–water partition coefficient (Wildman–Crippen LogP) is 6.23. The molecule has 2 heteroatoms. The van der Waals surface area contributed by atoms with Gasteiger partial charge >= 0.3 is 0 Å². The fraction of sp³-hybridized carbons (Fsp3) is 0.238. The standard InChI is InChI=1S/C21H18F2/c1-21(2,19-15-9-5-3-7-13(15)11-17(19)22)20-16-10-6-4-8-14(16)12-18(20)23/h3-12,19-20H,1-2H3. The Balaban J connectivity index is 1.84. The molecule has 116 valence electrons. The summed E-state index contributed by atoms with van der Waals surface area (Å²) < 4.78 is 29.5. The highest BCUT2D eigenvalue weighted by Gasteiger charge is 2.47. The molecule has 0 bridgehead atoms. The van der Waals surface area contributed by atoms with Gasteiger partial charge in [-0.1, -0.05) is 62.4 Å². The molecular formula is C21H18F2. The monoisotopic (exact) mass is 308 g/mol. The van der Waals surface area contributed by atoms with E-state index in [2.05, 4.69) is 0 Å². The van der Waals surface area contributed by atoms with Gasteiger partial charge in [0.25, 0.3) is 0 Å². The van der Waals surface area contributed by atoms with Crippen molar-refractivity contribution < 1.29 is 8.78 Å². The van der Waals surface area contributed by atoms with E-state index >= 15 is 0 Å². The van der Waals surface area contributed by atoms with E-state index in [9.17, 15) is 8.78 Å². The van der Waals surface area contributed by atoms with Crippen LogP contribution in [-0.4, -0.2) is 0 Å². The minimum Gasteiger partial charge on any atom is -0.211 e. The summed E-state index contributed by atoms with van der Waals surface area (Å²) in [5.41, 5.74) is 3.11. The van der Waals surface area contributed by atoms with Crippen molar-refractivity contribution in [2.45, 2.75) is 25.7 Å². The minimum absolute atomic E-state index is 0.173. The average Bonchev–Trinajstić information content (AvgIpc) is 3.02. The molecule has 0 saturated heterocycles. The van der Waals surface area contributed by atoms with Crippen molar-refractivity contribution in [1.82, 2.24) is 0 Å². The van der Waals surface area contributed by atoms with Crippen LogP contribution in [0.15, 0.2) is 60.2 Å². The number of hydrogen-bond donors (Lipinski definition) is 0. The van der Waals surface area contributed by atoms with E-state index in [4.69, 9.17) is 0 Å². The third-order valence-corrected chi connectivity index (χ3v) is 5.24. The largest absolute Gasteiger partial charge is 0.211 e. The van der Waals surface area contributed by atoms with Gasteiger partial charge in [0.05, 0.1) is 0 Å². The second kappa shape index (κ2) is 4.89. The zero-order chi connectivity index (χ0) is 16.2. The highest BCUT2D eigenvalue weighted by Crippen LogP contribution is 2.58. The summed E-state index contributed by atoms with van der Waals surface area (Å²) in [5, 5.41) is 0. The number of halogens is 2. The zero-order valence-electron chi connectivity index (χ0n) is 13.2. The van der Waals surface area contributed by atoms with Crippen LogP contribution >= 0.6 is 0 Å². The fourth-order valence-electron chi connectivity index (χ4n) is 4.25. The molecule has 0 amide bonds. The maximum absolute atomic E-state index is 14.8. The molecule has 2 aromatic rings. The maximum Gasteiger partial charge on any atom is 0.109 e. The van der Waals surface area contributed by atoms with Gasteiger partial charge in [-0.05, 0) is 39.8 Å². The molecular weight excluding hydrogens is 290 g/mol. The normalized spacial score (nSPS) is 22.4. The van der Waals surface area contributed by atoms with Gasteiger partial charge in [-0.15, -0.1) is 0 Å². The molecule has 0 radical (unpaired) electrons. The van der Waals surface area contributed by atoms with Gasteiger partial charge in [-0.25, -0.2) is 8.78 Å². The van der Waals surface area contributed by atoms with Crippen molar-refractivity contribution in [2.24, 2.45) is 5.41 Å². The van der Waals surface area contributed by atoms with E-state index in [0.717, 1.165) is 22.3 Å². The first kappa shape index (κ1) is 14.4. The summed E-state index contributed by atoms with van der Waals surface area (Å²) >= 11 is 0. The smallest absolute Gasteiger partial charge is 0.109 e. The van der Waals surface area contributed by atoms with Crippen LogP contribution < -0.4 is 0 Å². The molecule has 2 aliphatic rings. The summed E-state index contributed by atoms with van der Waals surface area (Å²) in [5.74, 6) is -1.19. The molecule has 2 unspecified atom stereocenters. The molecule has 0 saturated carbocycles. The fourth-order valence-corrected chi connectivity index (χ4v) is 4.25. The van der Waals surface area contributed by atoms with Crippen molar-refractivity contribution in [3.8, 4) is 0 Å². The number of allylic oxidation sites excluding steroid dienone is 2.